The fourth-order valence-electron chi connectivity index (χ4n) is 3.09. The van der Waals surface area contributed by atoms with Crippen LogP contribution in [0.15, 0.2) is 24.3 Å². The van der Waals surface area contributed by atoms with Crippen LogP contribution in [0.25, 0.3) is 0 Å². The summed E-state index contributed by atoms with van der Waals surface area (Å²) in [5, 5.41) is 7.44. The highest BCUT2D eigenvalue weighted by Crippen LogP contribution is 2.26. The van der Waals surface area contributed by atoms with E-state index in [1.54, 1.807) is 0 Å². The minimum atomic E-state index is -0.0186. The Bertz CT molecular complexity index is 733. The number of para-hydroxylation sites is 2. The highest BCUT2D eigenvalue weighted by molar-refractivity contribution is 5.95. The number of amides is 1. The number of hydrogen-bond donors (Lipinski definition) is 1. The smallest absolute Gasteiger partial charge is 0.228 e. The second-order valence-corrected chi connectivity index (χ2v) is 6.11. The first-order valence-electron chi connectivity index (χ1n) is 8.27. The van der Waals surface area contributed by atoms with Crippen molar-refractivity contribution in [1.82, 2.24) is 9.78 Å². The second kappa shape index (κ2) is 7.05. The van der Waals surface area contributed by atoms with Crippen LogP contribution in [0, 0.1) is 13.8 Å². The van der Waals surface area contributed by atoms with Crippen molar-refractivity contribution in [1.29, 1.82) is 0 Å². The molecule has 2 aromatic rings. The standard InChI is InChI=1S/C18H24N4O2/c1-13-15(14(2)21(3)20-13)12-18(23)19-16-6-4-5-7-17(16)22-8-10-24-11-9-22/h4-7H,8-12H2,1-3H3,(H,19,23). The number of ether oxygens (including phenoxy) is 1. The van der Waals surface area contributed by atoms with Crippen LogP contribution < -0.4 is 10.2 Å². The molecule has 1 N–H and O–H groups in total. The Morgan fingerprint density at radius 1 is 1.25 bits per heavy atom. The van der Waals surface area contributed by atoms with Crippen molar-refractivity contribution < 1.29 is 9.53 Å². The van der Waals surface area contributed by atoms with Gasteiger partial charge in [0.05, 0.1) is 36.7 Å². The highest BCUT2D eigenvalue weighted by Gasteiger charge is 2.17. The SMILES string of the molecule is Cc1nn(C)c(C)c1CC(=O)Nc1ccccc1N1CCOCC1. The number of carbonyl (C=O) groups is 1. The zero-order valence-corrected chi connectivity index (χ0v) is 14.5. The molecule has 128 valence electrons. The molecular weight excluding hydrogens is 304 g/mol. The maximum absolute atomic E-state index is 12.5. The number of morpholine rings is 1. The van der Waals surface area contributed by atoms with Gasteiger partial charge in [0.1, 0.15) is 0 Å². The summed E-state index contributed by atoms with van der Waals surface area (Å²) in [6.45, 7) is 7.05. The van der Waals surface area contributed by atoms with E-state index in [2.05, 4.69) is 15.3 Å². The van der Waals surface area contributed by atoms with E-state index in [0.717, 1.165) is 54.6 Å². The largest absolute Gasteiger partial charge is 0.378 e. The first-order valence-corrected chi connectivity index (χ1v) is 8.27. The molecule has 1 amide bonds. The van der Waals surface area contributed by atoms with Gasteiger partial charge >= 0.3 is 0 Å². The highest BCUT2D eigenvalue weighted by atomic mass is 16.5. The van der Waals surface area contributed by atoms with Gasteiger partial charge in [0.2, 0.25) is 5.91 Å². The van der Waals surface area contributed by atoms with Gasteiger partial charge in [-0.25, -0.2) is 0 Å². The topological polar surface area (TPSA) is 59.4 Å². The van der Waals surface area contributed by atoms with Crippen molar-refractivity contribution in [2.75, 3.05) is 36.5 Å². The molecule has 1 aromatic heterocycles. The van der Waals surface area contributed by atoms with E-state index in [9.17, 15) is 4.79 Å². The fourth-order valence-corrected chi connectivity index (χ4v) is 3.09. The Morgan fingerprint density at radius 2 is 1.96 bits per heavy atom. The molecule has 0 spiro atoms. The molecule has 0 radical (unpaired) electrons. The molecule has 0 unspecified atom stereocenters. The van der Waals surface area contributed by atoms with Gasteiger partial charge in [-0.05, 0) is 26.0 Å². The Hall–Kier alpha value is -2.34. The van der Waals surface area contributed by atoms with Crippen LogP contribution in [0.4, 0.5) is 11.4 Å². The van der Waals surface area contributed by atoms with Gasteiger partial charge in [0.15, 0.2) is 0 Å². The number of hydrogen-bond acceptors (Lipinski definition) is 4. The van der Waals surface area contributed by atoms with Gasteiger partial charge in [-0.1, -0.05) is 12.1 Å². The van der Waals surface area contributed by atoms with Crippen LogP contribution in [0.1, 0.15) is 17.0 Å². The lowest BCUT2D eigenvalue weighted by atomic mass is 10.1. The van der Waals surface area contributed by atoms with Crippen molar-refractivity contribution in [3.8, 4) is 0 Å². The molecule has 0 atom stereocenters. The lowest BCUT2D eigenvalue weighted by Gasteiger charge is -2.30. The predicted octanol–water partition coefficient (Wildman–Crippen LogP) is 2.05. The monoisotopic (exact) mass is 328 g/mol. The zero-order chi connectivity index (χ0) is 17.1. The second-order valence-electron chi connectivity index (χ2n) is 6.11. The molecule has 2 heterocycles. The average molecular weight is 328 g/mol. The molecule has 6 nitrogen and oxygen atoms in total. The molecule has 1 aliphatic rings. The minimum Gasteiger partial charge on any atom is -0.378 e. The maximum Gasteiger partial charge on any atom is 0.228 e. The van der Waals surface area contributed by atoms with E-state index in [1.807, 2.05) is 49.8 Å². The number of nitrogens with zero attached hydrogens (tertiary/aromatic N) is 3. The summed E-state index contributed by atoms with van der Waals surface area (Å²) in [5.41, 5.74) is 4.84. The van der Waals surface area contributed by atoms with E-state index in [1.165, 1.54) is 0 Å². The molecule has 1 aromatic carbocycles. The molecule has 1 saturated heterocycles. The third-order valence-corrected chi connectivity index (χ3v) is 4.53. The minimum absolute atomic E-state index is 0.0186. The number of rotatable bonds is 4. The van der Waals surface area contributed by atoms with E-state index in [-0.39, 0.29) is 5.91 Å². The number of aryl methyl sites for hydroxylation is 2. The van der Waals surface area contributed by atoms with Gasteiger partial charge in [-0.3, -0.25) is 9.48 Å². The van der Waals surface area contributed by atoms with Gasteiger partial charge in [0, 0.05) is 31.4 Å². The number of benzene rings is 1. The van der Waals surface area contributed by atoms with Crippen LogP contribution in [0.5, 0.6) is 0 Å². The van der Waals surface area contributed by atoms with Gasteiger partial charge in [0.25, 0.3) is 0 Å². The summed E-state index contributed by atoms with van der Waals surface area (Å²) < 4.78 is 7.23. The third kappa shape index (κ3) is 3.43. The van der Waals surface area contributed by atoms with Crippen molar-refractivity contribution in [2.45, 2.75) is 20.3 Å². The van der Waals surface area contributed by atoms with Gasteiger partial charge in [-0.15, -0.1) is 0 Å². The molecular formula is C18H24N4O2. The molecule has 0 aliphatic carbocycles. The predicted molar refractivity (Wildman–Crippen MR) is 94.5 cm³/mol. The van der Waals surface area contributed by atoms with Crippen molar-refractivity contribution in [3.63, 3.8) is 0 Å². The Kier molecular flexibility index (Phi) is 4.85. The molecule has 3 rings (SSSR count). The van der Waals surface area contributed by atoms with Crippen molar-refractivity contribution in [3.05, 3.63) is 41.2 Å². The molecule has 24 heavy (non-hydrogen) atoms. The summed E-state index contributed by atoms with van der Waals surface area (Å²) in [7, 11) is 1.90. The first-order chi connectivity index (χ1) is 11.6. The lowest BCUT2D eigenvalue weighted by Crippen LogP contribution is -2.36. The van der Waals surface area contributed by atoms with E-state index < -0.39 is 0 Å². The van der Waals surface area contributed by atoms with Gasteiger partial charge < -0.3 is 15.0 Å². The molecule has 1 fully saturated rings. The van der Waals surface area contributed by atoms with Crippen molar-refractivity contribution in [2.24, 2.45) is 7.05 Å². The van der Waals surface area contributed by atoms with E-state index in [0.29, 0.717) is 6.42 Å². The summed E-state index contributed by atoms with van der Waals surface area (Å²) in [4.78, 5) is 14.8. The molecule has 0 saturated carbocycles. The Balaban J connectivity index is 1.75. The normalized spacial score (nSPS) is 14.7. The zero-order valence-electron chi connectivity index (χ0n) is 14.5. The lowest BCUT2D eigenvalue weighted by molar-refractivity contribution is -0.115. The Labute approximate surface area is 142 Å². The number of anilines is 2. The van der Waals surface area contributed by atoms with Crippen molar-refractivity contribution >= 4 is 17.3 Å². The summed E-state index contributed by atoms with van der Waals surface area (Å²) in [6.07, 6.45) is 0.336. The quantitative estimate of drug-likeness (QED) is 0.933. The summed E-state index contributed by atoms with van der Waals surface area (Å²) in [6, 6.07) is 7.93. The van der Waals surface area contributed by atoms with E-state index >= 15 is 0 Å². The van der Waals surface area contributed by atoms with E-state index in [4.69, 9.17) is 4.74 Å². The van der Waals surface area contributed by atoms with Crippen LogP contribution in [0.3, 0.4) is 0 Å². The molecule has 1 aliphatic heterocycles. The Morgan fingerprint density at radius 3 is 2.62 bits per heavy atom. The summed E-state index contributed by atoms with van der Waals surface area (Å²) in [5.74, 6) is -0.0186. The fraction of sp³-hybridized carbons (Fsp3) is 0.444. The summed E-state index contributed by atoms with van der Waals surface area (Å²) >= 11 is 0. The maximum atomic E-state index is 12.5. The number of nitrogens with one attached hydrogen (secondary N) is 1. The molecule has 6 heteroatoms. The first kappa shape index (κ1) is 16.5. The average Bonchev–Trinajstić information content (AvgIpc) is 2.82. The molecule has 0 bridgehead atoms. The third-order valence-electron chi connectivity index (χ3n) is 4.53. The number of carbonyl (C=O) groups excluding carboxylic acids is 1. The van der Waals surface area contributed by atoms with Crippen LogP contribution in [-0.4, -0.2) is 42.0 Å². The van der Waals surface area contributed by atoms with Gasteiger partial charge in [-0.2, -0.15) is 5.10 Å². The number of aromatic nitrogens is 2. The van der Waals surface area contributed by atoms with Crippen LogP contribution in [0.2, 0.25) is 0 Å². The van der Waals surface area contributed by atoms with Crippen LogP contribution >= 0.6 is 0 Å². The van der Waals surface area contributed by atoms with Crippen LogP contribution in [-0.2, 0) is 23.0 Å².